The van der Waals surface area contributed by atoms with Crippen molar-refractivity contribution < 1.29 is 23.7 Å². The molecule has 0 aromatic heterocycles. The van der Waals surface area contributed by atoms with E-state index in [0.29, 0.717) is 45.6 Å². The van der Waals surface area contributed by atoms with Crippen molar-refractivity contribution >= 4 is 0 Å². The standard InChI is InChI=1S/C19H32O5/c1-2-5-18(6-3-1)17-24-19-7-4-9-20-11-13-22-15-16-23-14-12-21-10-8-19/h4,8-10,18-19H,1-3,5-7,11-17H2/b9-4+,10-8+. The van der Waals surface area contributed by atoms with E-state index < -0.39 is 0 Å². The number of rotatable bonds is 3. The Labute approximate surface area is 145 Å². The Balaban J connectivity index is 1.75. The first-order valence-electron chi connectivity index (χ1n) is 9.27. The third kappa shape index (κ3) is 9.30. The van der Waals surface area contributed by atoms with Crippen LogP contribution in [-0.4, -0.2) is 52.4 Å². The van der Waals surface area contributed by atoms with Crippen LogP contribution in [0.15, 0.2) is 24.7 Å². The summed E-state index contributed by atoms with van der Waals surface area (Å²) < 4.78 is 27.8. The van der Waals surface area contributed by atoms with Gasteiger partial charge in [-0.1, -0.05) is 19.3 Å². The van der Waals surface area contributed by atoms with Crippen LogP contribution in [0.4, 0.5) is 0 Å². The molecule has 0 spiro atoms. The summed E-state index contributed by atoms with van der Waals surface area (Å²) >= 11 is 0. The maximum atomic E-state index is 6.10. The molecule has 1 saturated carbocycles. The normalized spacial score (nSPS) is 28.4. The molecular weight excluding hydrogens is 308 g/mol. The average molecular weight is 340 g/mol. The largest absolute Gasteiger partial charge is 0.499 e. The summed E-state index contributed by atoms with van der Waals surface area (Å²) in [5.74, 6) is 0.708. The van der Waals surface area contributed by atoms with Crippen molar-refractivity contribution in [2.75, 3.05) is 46.2 Å². The van der Waals surface area contributed by atoms with Gasteiger partial charge in [0.05, 0.1) is 51.7 Å². The van der Waals surface area contributed by atoms with E-state index >= 15 is 0 Å². The highest BCUT2D eigenvalue weighted by Gasteiger charge is 2.15. The van der Waals surface area contributed by atoms with E-state index in [2.05, 4.69) is 0 Å². The second-order valence-electron chi connectivity index (χ2n) is 6.28. The maximum Gasteiger partial charge on any atom is 0.111 e. The van der Waals surface area contributed by atoms with Crippen LogP contribution < -0.4 is 0 Å². The van der Waals surface area contributed by atoms with Gasteiger partial charge in [0.15, 0.2) is 0 Å². The smallest absolute Gasteiger partial charge is 0.111 e. The predicted molar refractivity (Wildman–Crippen MR) is 92.8 cm³/mol. The first kappa shape index (κ1) is 19.3. The molecule has 1 fully saturated rings. The lowest BCUT2D eigenvalue weighted by Crippen LogP contribution is -2.18. The molecule has 1 unspecified atom stereocenters. The fraction of sp³-hybridized carbons (Fsp3) is 0.789. The predicted octanol–water partition coefficient (Wildman–Crippen LogP) is 3.45. The molecule has 2 aliphatic rings. The molecule has 0 N–H and O–H groups in total. The maximum absolute atomic E-state index is 6.10. The summed E-state index contributed by atoms with van der Waals surface area (Å²) in [4.78, 5) is 0. The van der Waals surface area contributed by atoms with Gasteiger partial charge >= 0.3 is 0 Å². The minimum Gasteiger partial charge on any atom is -0.499 e. The zero-order valence-corrected chi connectivity index (χ0v) is 14.7. The van der Waals surface area contributed by atoms with Gasteiger partial charge in [-0.05, 0) is 37.3 Å². The van der Waals surface area contributed by atoms with Crippen molar-refractivity contribution in [1.29, 1.82) is 0 Å². The number of hydrogen-bond donors (Lipinski definition) is 0. The first-order valence-corrected chi connectivity index (χ1v) is 9.27. The number of hydrogen-bond acceptors (Lipinski definition) is 5. The summed E-state index contributed by atoms with van der Waals surface area (Å²) in [6, 6.07) is 0. The molecule has 0 radical (unpaired) electrons. The molecule has 0 aromatic rings. The molecule has 5 nitrogen and oxygen atoms in total. The SMILES string of the molecule is C1=C/OCCOCCOCCO/C=C/C(OCC2CCCCC2)C/1. The molecule has 1 atom stereocenters. The molecule has 1 aliphatic heterocycles. The van der Waals surface area contributed by atoms with E-state index in [1.165, 1.54) is 32.1 Å². The van der Waals surface area contributed by atoms with Gasteiger partial charge in [-0.15, -0.1) is 0 Å². The van der Waals surface area contributed by atoms with E-state index in [4.69, 9.17) is 23.7 Å². The summed E-state index contributed by atoms with van der Waals surface area (Å²) in [7, 11) is 0. The van der Waals surface area contributed by atoms with Crippen LogP contribution in [0.3, 0.4) is 0 Å². The Morgan fingerprint density at radius 2 is 1.46 bits per heavy atom. The first-order chi connectivity index (χ1) is 11.9. The van der Waals surface area contributed by atoms with Crippen molar-refractivity contribution in [3.63, 3.8) is 0 Å². The Morgan fingerprint density at radius 3 is 2.21 bits per heavy atom. The van der Waals surface area contributed by atoms with E-state index in [1.807, 2.05) is 12.2 Å². The monoisotopic (exact) mass is 340 g/mol. The van der Waals surface area contributed by atoms with Gasteiger partial charge in [0.25, 0.3) is 0 Å². The van der Waals surface area contributed by atoms with Crippen molar-refractivity contribution in [2.24, 2.45) is 5.92 Å². The molecule has 0 amide bonds. The van der Waals surface area contributed by atoms with Crippen molar-refractivity contribution in [2.45, 2.75) is 44.6 Å². The van der Waals surface area contributed by atoms with Crippen LogP contribution >= 0.6 is 0 Å². The lowest BCUT2D eigenvalue weighted by atomic mass is 9.90. The Hall–Kier alpha value is -1.04. The summed E-state index contributed by atoms with van der Waals surface area (Å²) in [5, 5.41) is 0. The Morgan fingerprint density at radius 1 is 0.792 bits per heavy atom. The van der Waals surface area contributed by atoms with Crippen LogP contribution in [0.5, 0.6) is 0 Å². The topological polar surface area (TPSA) is 46.2 Å². The number of ether oxygens (including phenoxy) is 5. The molecule has 2 rings (SSSR count). The molecule has 5 heteroatoms. The highest BCUT2D eigenvalue weighted by molar-refractivity contribution is 4.91. The fourth-order valence-corrected chi connectivity index (χ4v) is 2.89. The third-order valence-electron chi connectivity index (χ3n) is 4.28. The molecular formula is C19H32O5. The van der Waals surface area contributed by atoms with Crippen molar-refractivity contribution in [3.05, 3.63) is 24.7 Å². The summed E-state index contributed by atoms with van der Waals surface area (Å²) in [6.45, 7) is 4.24. The fourth-order valence-electron chi connectivity index (χ4n) is 2.89. The van der Waals surface area contributed by atoms with E-state index in [0.717, 1.165) is 13.0 Å². The van der Waals surface area contributed by atoms with E-state index in [-0.39, 0.29) is 6.10 Å². The summed E-state index contributed by atoms with van der Waals surface area (Å²) in [6.07, 6.45) is 14.9. The Kier molecular flexibility index (Phi) is 10.7. The van der Waals surface area contributed by atoms with Crippen molar-refractivity contribution in [1.82, 2.24) is 0 Å². The van der Waals surface area contributed by atoms with Gasteiger partial charge < -0.3 is 23.7 Å². The second-order valence-corrected chi connectivity index (χ2v) is 6.28. The Bertz CT molecular complexity index is 350. The van der Waals surface area contributed by atoms with Gasteiger partial charge in [-0.3, -0.25) is 0 Å². The van der Waals surface area contributed by atoms with E-state index in [9.17, 15) is 0 Å². The van der Waals surface area contributed by atoms with Crippen LogP contribution in [0.1, 0.15) is 38.5 Å². The molecule has 0 bridgehead atoms. The lowest BCUT2D eigenvalue weighted by molar-refractivity contribution is 0.0165. The van der Waals surface area contributed by atoms with Gasteiger partial charge in [0.1, 0.15) is 13.2 Å². The van der Waals surface area contributed by atoms with Crippen LogP contribution in [0, 0.1) is 5.92 Å². The highest BCUT2D eigenvalue weighted by Crippen LogP contribution is 2.24. The zero-order chi connectivity index (χ0) is 16.7. The molecule has 0 saturated heterocycles. The lowest BCUT2D eigenvalue weighted by Gasteiger charge is -2.23. The third-order valence-corrected chi connectivity index (χ3v) is 4.28. The second kappa shape index (κ2) is 13.3. The minimum atomic E-state index is 0.0249. The average Bonchev–Trinajstić information content (AvgIpc) is 2.62. The molecule has 138 valence electrons. The van der Waals surface area contributed by atoms with Gasteiger partial charge in [-0.2, -0.15) is 0 Å². The molecule has 0 aromatic carbocycles. The van der Waals surface area contributed by atoms with Crippen LogP contribution in [0.25, 0.3) is 0 Å². The van der Waals surface area contributed by atoms with Gasteiger partial charge in [-0.25, -0.2) is 0 Å². The quantitative estimate of drug-likeness (QED) is 0.787. The van der Waals surface area contributed by atoms with Gasteiger partial charge in [0.2, 0.25) is 0 Å². The highest BCUT2D eigenvalue weighted by atomic mass is 16.6. The minimum absolute atomic E-state index is 0.0249. The molecule has 24 heavy (non-hydrogen) atoms. The zero-order valence-electron chi connectivity index (χ0n) is 14.7. The van der Waals surface area contributed by atoms with Crippen LogP contribution in [-0.2, 0) is 23.7 Å². The van der Waals surface area contributed by atoms with Crippen molar-refractivity contribution in [3.8, 4) is 0 Å². The molecule has 1 heterocycles. The summed E-state index contributed by atoms with van der Waals surface area (Å²) in [5.41, 5.74) is 0. The molecule has 1 aliphatic carbocycles. The van der Waals surface area contributed by atoms with Gasteiger partial charge in [0, 0.05) is 0 Å². The van der Waals surface area contributed by atoms with E-state index in [1.54, 1.807) is 12.5 Å². The van der Waals surface area contributed by atoms with Crippen LogP contribution in [0.2, 0.25) is 0 Å².